The summed E-state index contributed by atoms with van der Waals surface area (Å²) in [7, 11) is -4.86. The van der Waals surface area contributed by atoms with E-state index in [1.165, 1.54) is 180 Å². The number of esters is 4. The molecular weight excluding hydrogens is 1150 g/mol. The molecule has 0 fully saturated rings. The van der Waals surface area contributed by atoms with Crippen LogP contribution in [0.5, 0.6) is 0 Å². The number of allylic oxidation sites excluding steroid dienone is 6. The Hall–Kier alpha value is -2.79. The molecule has 0 heterocycles. The maximum atomic E-state index is 13.5. The molecule has 0 rings (SSSR count). The van der Waals surface area contributed by atoms with Crippen LogP contribution in [-0.2, 0) is 51.7 Å². The zero-order valence-electron chi connectivity index (χ0n) is 59.1. The first-order valence-corrected chi connectivity index (χ1v) is 39.8. The van der Waals surface area contributed by atoms with Gasteiger partial charge < -0.3 is 23.8 Å². The van der Waals surface area contributed by atoms with Crippen molar-refractivity contribution in [2.24, 2.45) is 0 Å². The predicted octanol–water partition coefficient (Wildman–Crippen LogP) is 24.0. The van der Waals surface area contributed by atoms with Gasteiger partial charge in [0.05, 0.1) is 13.2 Å². The first-order chi connectivity index (χ1) is 44.1. The van der Waals surface area contributed by atoms with Crippen molar-refractivity contribution in [1.82, 2.24) is 0 Å². The van der Waals surface area contributed by atoms with Gasteiger partial charge in [0, 0.05) is 25.7 Å². The van der Waals surface area contributed by atoms with E-state index in [4.69, 9.17) is 28.0 Å². The molecule has 0 saturated carbocycles. The fourth-order valence-corrected chi connectivity index (χ4v) is 11.9. The van der Waals surface area contributed by atoms with E-state index in [1.54, 1.807) is 0 Å². The average molecular weight is 1290 g/mol. The van der Waals surface area contributed by atoms with Crippen LogP contribution in [0.4, 0.5) is 0 Å². The van der Waals surface area contributed by atoms with Crippen LogP contribution < -0.4 is 0 Å². The first kappa shape index (κ1) is 87.2. The molecule has 1 N–H and O–H groups in total. The summed E-state index contributed by atoms with van der Waals surface area (Å²) in [6.07, 6.45) is 73.4. The summed E-state index contributed by atoms with van der Waals surface area (Å²) in [5.41, 5.74) is 0. The lowest BCUT2D eigenvalue weighted by Crippen LogP contribution is -2.31. The molecule has 90 heavy (non-hydrogen) atoms. The summed E-state index contributed by atoms with van der Waals surface area (Å²) in [6, 6.07) is 0. The maximum Gasteiger partial charge on any atom is 0.472 e. The largest absolute Gasteiger partial charge is 0.472 e. The van der Waals surface area contributed by atoms with Crippen LogP contribution in [-0.4, -0.2) is 67.4 Å². The molecule has 0 aliphatic heterocycles. The van der Waals surface area contributed by atoms with Crippen molar-refractivity contribution in [2.75, 3.05) is 26.4 Å². The molecular formula is C77H143O12P. The van der Waals surface area contributed by atoms with Crippen LogP contribution in [0.2, 0.25) is 0 Å². The van der Waals surface area contributed by atoms with Gasteiger partial charge in [0.1, 0.15) is 13.2 Å². The van der Waals surface area contributed by atoms with E-state index in [0.29, 0.717) is 25.7 Å². The zero-order valence-corrected chi connectivity index (χ0v) is 60.0. The second-order valence-corrected chi connectivity index (χ2v) is 27.5. The van der Waals surface area contributed by atoms with Crippen LogP contribution in [0.1, 0.15) is 394 Å². The van der Waals surface area contributed by atoms with Gasteiger partial charge in [0.25, 0.3) is 0 Å². The van der Waals surface area contributed by atoms with Crippen molar-refractivity contribution in [3.05, 3.63) is 36.5 Å². The monoisotopic (exact) mass is 1290 g/mol. The molecule has 3 atom stereocenters. The topological polar surface area (TPSA) is 161 Å². The Morgan fingerprint density at radius 1 is 0.278 bits per heavy atom. The highest BCUT2D eigenvalue weighted by atomic mass is 31.2. The van der Waals surface area contributed by atoms with Gasteiger partial charge in [-0.2, -0.15) is 0 Å². The number of unbranched alkanes of at least 4 members (excludes halogenated alkanes) is 46. The van der Waals surface area contributed by atoms with Gasteiger partial charge in [-0.05, 0) is 103 Å². The zero-order chi connectivity index (χ0) is 65.6. The number of carbonyl (C=O) groups is 4. The number of ether oxygens (including phenoxy) is 4. The lowest BCUT2D eigenvalue weighted by atomic mass is 10.0. The Labute approximate surface area is 554 Å². The number of rotatable bonds is 72. The summed E-state index contributed by atoms with van der Waals surface area (Å²) in [5.74, 6) is -1.91. The van der Waals surface area contributed by atoms with E-state index >= 15 is 0 Å². The SMILES string of the molecule is CCCCCCCC/C=C\CCCCCCCC(=O)OC[C@H](COP(=O)(O)OC[C@@H](COC(=O)CCCCCCCCCCCCCCCC)OC(=O)CCCCCCC/C=C\CCCCCCCC)OC(=O)CCCCCCC/C=C\CCCCCCCC. The lowest BCUT2D eigenvalue weighted by molar-refractivity contribution is -0.162. The molecule has 0 spiro atoms. The normalized spacial score (nSPS) is 13.2. The third-order valence-electron chi connectivity index (χ3n) is 17.0. The molecule has 13 heteroatoms. The first-order valence-electron chi connectivity index (χ1n) is 38.3. The Balaban J connectivity index is 5.38. The van der Waals surface area contributed by atoms with Crippen molar-refractivity contribution < 1.29 is 56.6 Å². The standard InChI is InChI=1S/C77H143O12P/c1-5-9-13-17-21-25-29-33-37-41-45-49-53-57-61-65-75(79)85-69-73(89-77(81)67-63-59-55-51-47-43-39-35-31-27-23-19-15-11-7-3)71-87-90(82,83)86-70-72(68-84-74(78)64-60-56-52-48-44-40-36-32-28-24-20-16-12-8-4)88-76(80)66-62-58-54-50-46-42-38-34-30-26-22-18-14-10-6-2/h33-35,37-39,72-73H,5-32,36,40-71H2,1-4H3,(H,82,83)/b37-33-,38-34-,39-35-/t72-,73-/m1/s1. The molecule has 0 radical (unpaired) electrons. The second kappa shape index (κ2) is 70.5. The van der Waals surface area contributed by atoms with Gasteiger partial charge >= 0.3 is 31.7 Å². The van der Waals surface area contributed by atoms with Crippen molar-refractivity contribution in [3.63, 3.8) is 0 Å². The summed E-state index contributed by atoms with van der Waals surface area (Å²) >= 11 is 0. The average Bonchev–Trinajstić information content (AvgIpc) is 3.66. The molecule has 12 nitrogen and oxygen atoms in total. The van der Waals surface area contributed by atoms with Crippen LogP contribution in [0.25, 0.3) is 0 Å². The second-order valence-electron chi connectivity index (χ2n) is 26.0. The third kappa shape index (κ3) is 68.1. The van der Waals surface area contributed by atoms with Crippen LogP contribution in [0, 0.1) is 0 Å². The van der Waals surface area contributed by atoms with Crippen molar-refractivity contribution >= 4 is 31.7 Å². The lowest BCUT2D eigenvalue weighted by Gasteiger charge is -2.22. The van der Waals surface area contributed by atoms with Crippen LogP contribution in [0.3, 0.4) is 0 Å². The van der Waals surface area contributed by atoms with Crippen LogP contribution in [0.15, 0.2) is 36.5 Å². The molecule has 0 saturated heterocycles. The Bertz CT molecular complexity index is 1720. The highest BCUT2D eigenvalue weighted by Crippen LogP contribution is 2.43. The molecule has 0 aromatic rings. The van der Waals surface area contributed by atoms with Crippen LogP contribution >= 0.6 is 7.82 Å². The van der Waals surface area contributed by atoms with E-state index in [0.717, 1.165) is 135 Å². The third-order valence-corrected chi connectivity index (χ3v) is 17.9. The Morgan fingerprint density at radius 2 is 0.467 bits per heavy atom. The summed E-state index contributed by atoms with van der Waals surface area (Å²) in [6.45, 7) is 7.13. The number of hydrogen-bond donors (Lipinski definition) is 1. The summed E-state index contributed by atoms with van der Waals surface area (Å²) in [5, 5.41) is 0. The van der Waals surface area contributed by atoms with Crippen molar-refractivity contribution in [2.45, 2.75) is 406 Å². The molecule has 0 aromatic heterocycles. The molecule has 1 unspecified atom stereocenters. The van der Waals surface area contributed by atoms with Gasteiger partial charge in [-0.15, -0.1) is 0 Å². The molecule has 528 valence electrons. The van der Waals surface area contributed by atoms with Gasteiger partial charge in [0.2, 0.25) is 0 Å². The number of carbonyl (C=O) groups excluding carboxylic acids is 4. The van der Waals surface area contributed by atoms with Crippen molar-refractivity contribution in [3.8, 4) is 0 Å². The minimum atomic E-state index is -4.86. The molecule has 0 aromatic carbocycles. The number of phosphoric ester groups is 1. The summed E-state index contributed by atoms with van der Waals surface area (Å²) in [4.78, 5) is 63.1. The van der Waals surface area contributed by atoms with Gasteiger partial charge in [-0.3, -0.25) is 28.2 Å². The van der Waals surface area contributed by atoms with Gasteiger partial charge in [-0.1, -0.05) is 302 Å². The molecule has 0 aliphatic carbocycles. The van der Waals surface area contributed by atoms with Gasteiger partial charge in [-0.25, -0.2) is 4.57 Å². The Morgan fingerprint density at radius 3 is 0.689 bits per heavy atom. The fourth-order valence-electron chi connectivity index (χ4n) is 11.1. The molecule has 0 bridgehead atoms. The molecule has 0 amide bonds. The van der Waals surface area contributed by atoms with E-state index in [-0.39, 0.29) is 38.9 Å². The number of phosphoric acid groups is 1. The minimum absolute atomic E-state index is 0.146. The van der Waals surface area contributed by atoms with E-state index in [2.05, 4.69) is 64.2 Å². The highest BCUT2D eigenvalue weighted by molar-refractivity contribution is 7.47. The number of hydrogen-bond acceptors (Lipinski definition) is 11. The van der Waals surface area contributed by atoms with E-state index in [1.807, 2.05) is 0 Å². The molecule has 0 aliphatic rings. The van der Waals surface area contributed by atoms with E-state index in [9.17, 15) is 28.6 Å². The predicted molar refractivity (Wildman–Crippen MR) is 377 cm³/mol. The Kier molecular flexibility index (Phi) is 68.3. The van der Waals surface area contributed by atoms with E-state index < -0.39 is 57.1 Å². The minimum Gasteiger partial charge on any atom is -0.462 e. The van der Waals surface area contributed by atoms with Crippen molar-refractivity contribution in [1.29, 1.82) is 0 Å². The summed E-state index contributed by atoms with van der Waals surface area (Å²) < 4.78 is 46.8. The van der Waals surface area contributed by atoms with Gasteiger partial charge in [0.15, 0.2) is 12.2 Å². The fraction of sp³-hybridized carbons (Fsp3) is 0.870. The smallest absolute Gasteiger partial charge is 0.462 e. The maximum absolute atomic E-state index is 13.5. The quantitative estimate of drug-likeness (QED) is 0.0202. The highest BCUT2D eigenvalue weighted by Gasteiger charge is 2.29.